The van der Waals surface area contributed by atoms with E-state index in [2.05, 4.69) is 4.98 Å². The Kier molecular flexibility index (Phi) is 3.26. The van der Waals surface area contributed by atoms with Crippen LogP contribution in [0.15, 0.2) is 6.20 Å². The van der Waals surface area contributed by atoms with Crippen LogP contribution in [0.1, 0.15) is 33.2 Å². The smallest absolute Gasteiger partial charge is 0.339 e. The van der Waals surface area contributed by atoms with E-state index < -0.39 is 17.5 Å². The summed E-state index contributed by atoms with van der Waals surface area (Å²) in [5, 5.41) is 17.4. The van der Waals surface area contributed by atoms with E-state index in [1.165, 1.54) is 6.20 Å². The number of aromatic nitrogens is 1. The minimum Gasteiger partial charge on any atom is -0.478 e. The molecule has 0 aromatic carbocycles. The van der Waals surface area contributed by atoms with Crippen molar-refractivity contribution in [3.63, 3.8) is 0 Å². The first-order valence-electron chi connectivity index (χ1n) is 4.13. The zero-order valence-electron chi connectivity index (χ0n) is 7.82. The van der Waals surface area contributed by atoms with Crippen molar-refractivity contribution in [1.82, 2.24) is 4.98 Å². The number of aromatic carboxylic acids is 2. The maximum atomic E-state index is 10.9. The minimum atomic E-state index is -1.39. The molecule has 6 heteroatoms. The van der Waals surface area contributed by atoms with Crippen molar-refractivity contribution in [2.75, 3.05) is 0 Å². The van der Waals surface area contributed by atoms with Gasteiger partial charge in [-0.2, -0.15) is 0 Å². The summed E-state index contributed by atoms with van der Waals surface area (Å²) in [5.41, 5.74) is -0.391. The number of hydrogen-bond donors (Lipinski definition) is 2. The van der Waals surface area contributed by atoms with Gasteiger partial charge in [-0.05, 0) is 12.0 Å². The lowest BCUT2D eigenvalue weighted by Gasteiger charge is -2.07. The van der Waals surface area contributed by atoms with E-state index in [1.807, 2.05) is 0 Å². The van der Waals surface area contributed by atoms with E-state index in [-0.39, 0.29) is 10.7 Å². The number of nitrogens with zero attached hydrogens (tertiary/aromatic N) is 1. The molecule has 0 fully saturated rings. The molecule has 0 unspecified atom stereocenters. The molecule has 2 N–H and O–H groups in total. The van der Waals surface area contributed by atoms with E-state index in [1.54, 1.807) is 6.92 Å². The Morgan fingerprint density at radius 3 is 2.27 bits per heavy atom. The first-order valence-corrected chi connectivity index (χ1v) is 4.50. The number of aryl methyl sites for hydroxylation is 1. The summed E-state index contributed by atoms with van der Waals surface area (Å²) in [6.45, 7) is 1.71. The lowest BCUT2D eigenvalue weighted by molar-refractivity contribution is 0.0650. The van der Waals surface area contributed by atoms with Crippen molar-refractivity contribution in [3.05, 3.63) is 28.0 Å². The second-order valence-electron chi connectivity index (χ2n) is 2.79. The molecule has 0 aliphatic rings. The average Bonchev–Trinajstić information content (AvgIpc) is 2.16. The minimum absolute atomic E-state index is 0.287. The molecular formula is C9H8ClNO4. The number of pyridine rings is 1. The molecule has 15 heavy (non-hydrogen) atoms. The maximum absolute atomic E-state index is 10.9. The molecule has 1 aromatic rings. The van der Waals surface area contributed by atoms with Gasteiger partial charge in [0.1, 0.15) is 10.7 Å². The number of halogens is 1. The van der Waals surface area contributed by atoms with Gasteiger partial charge in [-0.15, -0.1) is 0 Å². The van der Waals surface area contributed by atoms with Crippen LogP contribution in [-0.2, 0) is 6.42 Å². The van der Waals surface area contributed by atoms with Gasteiger partial charge in [-0.3, -0.25) is 0 Å². The van der Waals surface area contributed by atoms with Crippen LogP contribution >= 0.6 is 11.6 Å². The molecule has 80 valence electrons. The summed E-state index contributed by atoms with van der Waals surface area (Å²) in [6, 6.07) is 0. The van der Waals surface area contributed by atoms with Crippen molar-refractivity contribution in [2.45, 2.75) is 13.3 Å². The lowest BCUT2D eigenvalue weighted by atomic mass is 10.0. The van der Waals surface area contributed by atoms with E-state index in [0.717, 1.165) is 0 Å². The van der Waals surface area contributed by atoms with Gasteiger partial charge in [0.05, 0.1) is 5.56 Å². The molecule has 0 spiro atoms. The van der Waals surface area contributed by atoms with Gasteiger partial charge in [0, 0.05) is 6.20 Å². The van der Waals surface area contributed by atoms with Crippen molar-refractivity contribution < 1.29 is 19.8 Å². The third-order valence-corrected chi connectivity index (χ3v) is 2.21. The molecule has 0 amide bonds. The summed E-state index contributed by atoms with van der Waals surface area (Å²) in [7, 11) is 0. The Labute approximate surface area is 90.3 Å². The molecule has 1 rings (SSSR count). The molecule has 0 aliphatic heterocycles. The molecule has 1 heterocycles. The van der Waals surface area contributed by atoms with Crippen molar-refractivity contribution in [2.24, 2.45) is 0 Å². The third kappa shape index (κ3) is 2.07. The molecular weight excluding hydrogens is 222 g/mol. The van der Waals surface area contributed by atoms with Gasteiger partial charge in [0.15, 0.2) is 0 Å². The predicted octanol–water partition coefficient (Wildman–Crippen LogP) is 1.69. The van der Waals surface area contributed by atoms with Crippen LogP contribution in [0.25, 0.3) is 0 Å². The van der Waals surface area contributed by atoms with E-state index in [9.17, 15) is 9.59 Å². The van der Waals surface area contributed by atoms with Gasteiger partial charge in [0.2, 0.25) is 0 Å². The number of hydrogen-bond acceptors (Lipinski definition) is 3. The summed E-state index contributed by atoms with van der Waals surface area (Å²) >= 11 is 5.54. The Hall–Kier alpha value is -1.62. The van der Waals surface area contributed by atoms with Crippen LogP contribution in [0.3, 0.4) is 0 Å². The predicted molar refractivity (Wildman–Crippen MR) is 52.5 cm³/mol. The summed E-state index contributed by atoms with van der Waals surface area (Å²) < 4.78 is 0. The highest BCUT2D eigenvalue weighted by Gasteiger charge is 2.23. The molecule has 0 aliphatic carbocycles. The normalized spacial score (nSPS) is 10.0. The lowest BCUT2D eigenvalue weighted by Crippen LogP contribution is -2.13. The van der Waals surface area contributed by atoms with E-state index >= 15 is 0 Å². The highest BCUT2D eigenvalue weighted by Crippen LogP contribution is 2.21. The molecule has 0 saturated heterocycles. The van der Waals surface area contributed by atoms with Crippen LogP contribution in [0.5, 0.6) is 0 Å². The monoisotopic (exact) mass is 229 g/mol. The van der Waals surface area contributed by atoms with Gasteiger partial charge < -0.3 is 10.2 Å². The van der Waals surface area contributed by atoms with Gasteiger partial charge in [0.25, 0.3) is 0 Å². The zero-order chi connectivity index (χ0) is 11.6. The van der Waals surface area contributed by atoms with Crippen LogP contribution < -0.4 is 0 Å². The molecule has 0 radical (unpaired) electrons. The van der Waals surface area contributed by atoms with E-state index in [0.29, 0.717) is 12.0 Å². The van der Waals surface area contributed by atoms with Crippen molar-refractivity contribution in [3.8, 4) is 0 Å². The van der Waals surface area contributed by atoms with Crippen LogP contribution in [0, 0.1) is 0 Å². The SMILES string of the molecule is CCc1cnc(Cl)c(C(=O)O)c1C(=O)O. The fraction of sp³-hybridized carbons (Fsp3) is 0.222. The summed E-state index contributed by atoms with van der Waals surface area (Å²) in [5.74, 6) is -2.70. The molecule has 1 aromatic heterocycles. The first kappa shape index (κ1) is 11.5. The highest BCUT2D eigenvalue weighted by atomic mass is 35.5. The fourth-order valence-corrected chi connectivity index (χ4v) is 1.46. The summed E-state index contributed by atoms with van der Waals surface area (Å²) in [4.78, 5) is 25.4. The van der Waals surface area contributed by atoms with Gasteiger partial charge in [-0.25, -0.2) is 14.6 Å². The highest BCUT2D eigenvalue weighted by molar-refractivity contribution is 6.33. The quantitative estimate of drug-likeness (QED) is 0.770. The zero-order valence-corrected chi connectivity index (χ0v) is 8.58. The second kappa shape index (κ2) is 4.27. The Balaban J connectivity index is 3.58. The van der Waals surface area contributed by atoms with Crippen LogP contribution in [0.2, 0.25) is 5.15 Å². The largest absolute Gasteiger partial charge is 0.478 e. The fourth-order valence-electron chi connectivity index (χ4n) is 1.23. The third-order valence-electron chi connectivity index (χ3n) is 1.92. The number of rotatable bonds is 3. The maximum Gasteiger partial charge on any atom is 0.339 e. The number of carboxylic acid groups (broad SMARTS) is 2. The van der Waals surface area contributed by atoms with Crippen LogP contribution in [0.4, 0.5) is 0 Å². The molecule has 5 nitrogen and oxygen atoms in total. The van der Waals surface area contributed by atoms with Gasteiger partial charge >= 0.3 is 11.9 Å². The Bertz CT molecular complexity index is 430. The number of carbonyl (C=O) groups is 2. The van der Waals surface area contributed by atoms with Crippen molar-refractivity contribution >= 4 is 23.5 Å². The topological polar surface area (TPSA) is 87.5 Å². The van der Waals surface area contributed by atoms with E-state index in [4.69, 9.17) is 21.8 Å². The molecule has 0 bridgehead atoms. The van der Waals surface area contributed by atoms with Crippen LogP contribution in [-0.4, -0.2) is 27.1 Å². The van der Waals surface area contributed by atoms with Gasteiger partial charge in [-0.1, -0.05) is 18.5 Å². The molecule has 0 saturated carbocycles. The average molecular weight is 230 g/mol. The standard InChI is InChI=1S/C9H8ClNO4/c1-2-4-3-11-7(10)6(9(14)15)5(4)8(12)13/h3H,2H2,1H3,(H,12,13)(H,14,15). The first-order chi connectivity index (χ1) is 6.99. The summed E-state index contributed by atoms with van der Waals surface area (Å²) in [6.07, 6.45) is 1.66. The Morgan fingerprint density at radius 2 is 1.87 bits per heavy atom. The van der Waals surface area contributed by atoms with Crippen molar-refractivity contribution in [1.29, 1.82) is 0 Å². The molecule has 0 atom stereocenters. The Morgan fingerprint density at radius 1 is 1.33 bits per heavy atom. The number of carboxylic acids is 2. The second-order valence-corrected chi connectivity index (χ2v) is 3.15.